The Morgan fingerprint density at radius 1 is 1.16 bits per heavy atom. The zero-order chi connectivity index (χ0) is 17.4. The van der Waals surface area contributed by atoms with Crippen molar-refractivity contribution in [3.8, 4) is 0 Å². The molecule has 1 aromatic heterocycles. The van der Waals surface area contributed by atoms with E-state index in [2.05, 4.69) is 11.1 Å². The van der Waals surface area contributed by atoms with Crippen molar-refractivity contribution in [2.24, 2.45) is 0 Å². The molecule has 1 aliphatic rings. The molecule has 5 nitrogen and oxygen atoms in total. The first-order valence-corrected chi connectivity index (χ1v) is 7.42. The predicted octanol–water partition coefficient (Wildman–Crippen LogP) is 3.83. The first kappa shape index (κ1) is 20.7. The maximum absolute atomic E-state index is 10.0. The number of hydrogen-bond acceptors (Lipinski definition) is 5. The van der Waals surface area contributed by atoms with Crippen LogP contribution in [-0.4, -0.2) is 15.9 Å². The van der Waals surface area contributed by atoms with Crippen molar-refractivity contribution in [3.63, 3.8) is 0 Å². The summed E-state index contributed by atoms with van der Waals surface area (Å²) < 4.78 is 0. The number of carbonyl (C=O) groups excluding carboxylic acids is 1. The summed E-state index contributed by atoms with van der Waals surface area (Å²) in [7, 11) is 0. The molecule has 0 saturated carbocycles. The molecule has 0 atom stereocenters. The van der Waals surface area contributed by atoms with Crippen LogP contribution in [0.1, 0.15) is 13.8 Å². The average molecular weight is 516 g/mol. The zero-order valence-corrected chi connectivity index (χ0v) is 16.2. The van der Waals surface area contributed by atoms with Gasteiger partial charge in [0.1, 0.15) is 5.82 Å². The Hall–Kier alpha value is -2.39. The number of anilines is 2. The number of hydrogen-bond donors (Lipinski definition) is 1. The van der Waals surface area contributed by atoms with Gasteiger partial charge in [-0.3, -0.25) is 4.79 Å². The number of allylic oxidation sites excluding steroid dienone is 2. The van der Waals surface area contributed by atoms with Crippen molar-refractivity contribution in [1.82, 2.24) is 4.98 Å². The Kier molecular flexibility index (Phi) is 8.65. The van der Waals surface area contributed by atoms with E-state index in [9.17, 15) is 4.79 Å². The van der Waals surface area contributed by atoms with Crippen molar-refractivity contribution >= 4 is 17.3 Å². The van der Waals surface area contributed by atoms with Crippen LogP contribution >= 0.6 is 0 Å². The Balaban J connectivity index is 0.000000339. The predicted molar refractivity (Wildman–Crippen MR) is 95.0 cm³/mol. The first-order valence-electron chi connectivity index (χ1n) is 7.42. The Bertz CT molecular complexity index is 666. The molecule has 132 valence electrons. The van der Waals surface area contributed by atoms with Gasteiger partial charge in [-0.2, -0.15) is 30.3 Å². The third kappa shape index (κ3) is 6.94. The van der Waals surface area contributed by atoms with E-state index in [-0.39, 0.29) is 32.6 Å². The van der Waals surface area contributed by atoms with Gasteiger partial charge in [0.2, 0.25) is 0 Å². The molecule has 0 bridgehead atoms. The van der Waals surface area contributed by atoms with Gasteiger partial charge in [-0.25, -0.2) is 4.98 Å². The van der Waals surface area contributed by atoms with Crippen molar-refractivity contribution < 1.29 is 31.0 Å². The van der Waals surface area contributed by atoms with Crippen molar-refractivity contribution in [2.45, 2.75) is 13.8 Å². The van der Waals surface area contributed by atoms with Crippen molar-refractivity contribution in [3.05, 3.63) is 85.6 Å². The van der Waals surface area contributed by atoms with Crippen LogP contribution in [-0.2, 0) is 25.9 Å². The molecule has 1 aliphatic heterocycles. The zero-order valence-electron chi connectivity index (χ0n) is 13.9. The smallest absolute Gasteiger partial charge is 0.512 e. The van der Waals surface area contributed by atoms with E-state index in [1.54, 1.807) is 6.20 Å². The SMILES string of the molecule is CC(=O)/C=C(/C)O.[Pt+2].[c-]1ccccc1N1C=CN(c2ccccn2)[CH-]1. The summed E-state index contributed by atoms with van der Waals surface area (Å²) in [6, 6.07) is 16.9. The minimum atomic E-state index is -0.125. The number of aliphatic hydroxyl groups is 1. The fraction of sp³-hybridized carbons (Fsp3) is 0.105. The molecular weight excluding hydrogens is 497 g/mol. The molecule has 0 aliphatic carbocycles. The minimum Gasteiger partial charge on any atom is -0.512 e. The fourth-order valence-electron chi connectivity index (χ4n) is 1.98. The van der Waals surface area contributed by atoms with Gasteiger partial charge >= 0.3 is 21.1 Å². The quantitative estimate of drug-likeness (QED) is 0.382. The van der Waals surface area contributed by atoms with E-state index in [0.717, 1.165) is 11.5 Å². The molecule has 1 N–H and O–H groups in total. The van der Waals surface area contributed by atoms with Crippen LogP contribution in [0.2, 0.25) is 0 Å². The maximum Gasteiger partial charge on any atom is 2.00 e. The van der Waals surface area contributed by atoms with Gasteiger partial charge in [0.25, 0.3) is 0 Å². The average Bonchev–Trinajstić information content (AvgIpc) is 3.06. The third-order valence-electron chi connectivity index (χ3n) is 2.93. The molecule has 0 amide bonds. The van der Waals surface area contributed by atoms with Gasteiger partial charge in [0, 0.05) is 12.3 Å². The van der Waals surface area contributed by atoms with E-state index in [1.807, 2.05) is 71.3 Å². The number of ketones is 1. The summed E-state index contributed by atoms with van der Waals surface area (Å²) in [4.78, 5) is 18.3. The fourth-order valence-corrected chi connectivity index (χ4v) is 1.98. The number of carbonyl (C=O) groups is 1. The second-order valence-corrected chi connectivity index (χ2v) is 5.06. The van der Waals surface area contributed by atoms with E-state index >= 15 is 0 Å². The van der Waals surface area contributed by atoms with Gasteiger partial charge in [-0.1, -0.05) is 6.07 Å². The molecule has 1 aromatic carbocycles. The molecular formula is C19H19N3O2Pt. The molecule has 0 saturated heterocycles. The number of rotatable bonds is 3. The van der Waals surface area contributed by atoms with Gasteiger partial charge in [0.05, 0.1) is 5.76 Å². The summed E-state index contributed by atoms with van der Waals surface area (Å²) >= 11 is 0. The Morgan fingerprint density at radius 3 is 2.40 bits per heavy atom. The third-order valence-corrected chi connectivity index (χ3v) is 2.93. The number of para-hydroxylation sites is 1. The number of nitrogens with zero attached hydrogens (tertiary/aromatic N) is 3. The van der Waals surface area contributed by atoms with Crippen molar-refractivity contribution in [1.29, 1.82) is 0 Å². The van der Waals surface area contributed by atoms with Gasteiger partial charge < -0.3 is 14.9 Å². The molecule has 6 heteroatoms. The number of aliphatic hydroxyl groups excluding tert-OH is 1. The topological polar surface area (TPSA) is 56.7 Å². The largest absolute Gasteiger partial charge is 2.00 e. The number of aromatic nitrogens is 1. The summed E-state index contributed by atoms with van der Waals surface area (Å²) in [6.45, 7) is 4.83. The molecule has 0 radical (unpaired) electrons. The normalized spacial score (nSPS) is 13.0. The summed E-state index contributed by atoms with van der Waals surface area (Å²) in [5, 5.41) is 8.36. The molecule has 2 aromatic rings. The minimum absolute atomic E-state index is 0. The van der Waals surface area contributed by atoms with Gasteiger partial charge in [0.15, 0.2) is 5.78 Å². The van der Waals surface area contributed by atoms with Crippen LogP contribution in [0.4, 0.5) is 11.5 Å². The van der Waals surface area contributed by atoms with Crippen LogP contribution in [0, 0.1) is 12.7 Å². The number of benzene rings is 1. The molecule has 0 spiro atoms. The van der Waals surface area contributed by atoms with E-state index in [1.165, 1.54) is 19.9 Å². The number of pyridine rings is 1. The second kappa shape index (κ2) is 10.5. The van der Waals surface area contributed by atoms with E-state index in [0.29, 0.717) is 0 Å². The second-order valence-electron chi connectivity index (χ2n) is 5.06. The molecule has 3 rings (SSSR count). The van der Waals surface area contributed by atoms with Crippen LogP contribution in [0.15, 0.2) is 72.9 Å². The van der Waals surface area contributed by atoms with E-state index < -0.39 is 0 Å². The summed E-state index contributed by atoms with van der Waals surface area (Å²) in [5.41, 5.74) is 1.02. The van der Waals surface area contributed by atoms with Crippen LogP contribution in [0.3, 0.4) is 0 Å². The molecule has 25 heavy (non-hydrogen) atoms. The standard InChI is InChI=1S/C14H11N3.C5H8O2.Pt/c1-2-6-13(7-3-1)16-10-11-17(12-16)14-8-4-5-9-15-14;1-4(6)3-5(2)7;/h1-6,8-12H;3,6H,1-2H3;/q-2;;+2/b;4-3-;. The Labute approximate surface area is 162 Å². The summed E-state index contributed by atoms with van der Waals surface area (Å²) in [6.07, 6.45) is 6.91. The molecule has 0 fully saturated rings. The maximum atomic E-state index is 10.0. The monoisotopic (exact) mass is 516 g/mol. The molecule has 0 unspecified atom stereocenters. The van der Waals surface area contributed by atoms with Crippen LogP contribution in [0.5, 0.6) is 0 Å². The van der Waals surface area contributed by atoms with Gasteiger partial charge in [-0.05, 0) is 38.4 Å². The summed E-state index contributed by atoms with van der Waals surface area (Å²) in [5.74, 6) is 0.842. The van der Waals surface area contributed by atoms with E-state index in [4.69, 9.17) is 5.11 Å². The first-order chi connectivity index (χ1) is 11.6. The molecule has 2 heterocycles. The Morgan fingerprint density at radius 2 is 1.88 bits per heavy atom. The van der Waals surface area contributed by atoms with Crippen LogP contribution < -0.4 is 9.80 Å². The van der Waals surface area contributed by atoms with Crippen molar-refractivity contribution in [2.75, 3.05) is 9.80 Å². The van der Waals surface area contributed by atoms with Crippen LogP contribution in [0.25, 0.3) is 0 Å². The van der Waals surface area contributed by atoms with Gasteiger partial charge in [-0.15, -0.1) is 12.4 Å².